The molecule has 0 radical (unpaired) electrons. The number of esters is 1. The van der Waals surface area contributed by atoms with Crippen LogP contribution < -0.4 is 0 Å². The topological polar surface area (TPSA) is 43.4 Å². The van der Waals surface area contributed by atoms with Crippen molar-refractivity contribution in [2.75, 3.05) is 7.11 Å². The number of fused-ring (bicyclic) bond motifs is 1. The molecule has 0 heterocycles. The summed E-state index contributed by atoms with van der Waals surface area (Å²) in [5.74, 6) is -0.491. The third-order valence-electron chi connectivity index (χ3n) is 5.99. The second kappa shape index (κ2) is 6.63. The second-order valence-electron chi connectivity index (χ2n) is 8.88. The van der Waals surface area contributed by atoms with Crippen LogP contribution in [0.15, 0.2) is 36.4 Å². The van der Waals surface area contributed by atoms with Crippen LogP contribution in [0.1, 0.15) is 83.5 Å². The van der Waals surface area contributed by atoms with Crippen LogP contribution in [-0.4, -0.2) is 18.9 Å². The number of carbonyl (C=O) groups is 2. The summed E-state index contributed by atoms with van der Waals surface area (Å²) >= 11 is 0. The molecule has 0 aliphatic heterocycles. The predicted molar refractivity (Wildman–Crippen MR) is 108 cm³/mol. The molecule has 27 heavy (non-hydrogen) atoms. The summed E-state index contributed by atoms with van der Waals surface area (Å²) in [7, 11) is 1.34. The highest BCUT2D eigenvalue weighted by Gasteiger charge is 2.37. The molecule has 0 saturated heterocycles. The number of hydrogen-bond acceptors (Lipinski definition) is 3. The summed E-state index contributed by atoms with van der Waals surface area (Å²) in [6, 6.07) is 11.0. The molecule has 1 aliphatic carbocycles. The Morgan fingerprint density at radius 1 is 0.889 bits per heavy atom. The average Bonchev–Trinajstić information content (AvgIpc) is 2.64. The molecule has 2 aromatic carbocycles. The van der Waals surface area contributed by atoms with Gasteiger partial charge in [-0.15, -0.1) is 0 Å². The number of ether oxygens (including phenoxy) is 1. The molecule has 2 aromatic rings. The van der Waals surface area contributed by atoms with Crippen LogP contribution >= 0.6 is 0 Å². The molecule has 0 amide bonds. The molecule has 0 fully saturated rings. The molecule has 3 heteroatoms. The van der Waals surface area contributed by atoms with Gasteiger partial charge in [-0.2, -0.15) is 0 Å². The van der Waals surface area contributed by atoms with E-state index in [1.165, 1.54) is 18.2 Å². The average molecular weight is 364 g/mol. The van der Waals surface area contributed by atoms with E-state index in [4.69, 9.17) is 4.74 Å². The van der Waals surface area contributed by atoms with E-state index in [1.807, 2.05) is 6.92 Å². The van der Waals surface area contributed by atoms with Crippen LogP contribution in [-0.2, 0) is 15.6 Å². The Morgan fingerprint density at radius 3 is 2.04 bits per heavy atom. The highest BCUT2D eigenvalue weighted by Crippen LogP contribution is 2.46. The van der Waals surface area contributed by atoms with Crippen LogP contribution in [0.25, 0.3) is 0 Å². The maximum Gasteiger partial charge on any atom is 0.337 e. The number of benzene rings is 2. The predicted octanol–water partition coefficient (Wildman–Crippen LogP) is 5.36. The van der Waals surface area contributed by atoms with Crippen LogP contribution in [0, 0.1) is 6.92 Å². The Balaban J connectivity index is 2.11. The Hall–Kier alpha value is -2.42. The fourth-order valence-electron chi connectivity index (χ4n) is 4.03. The van der Waals surface area contributed by atoms with Crippen molar-refractivity contribution in [3.8, 4) is 0 Å². The number of ketones is 1. The molecule has 142 valence electrons. The summed E-state index contributed by atoms with van der Waals surface area (Å²) in [5.41, 5.74) is 5.35. The van der Waals surface area contributed by atoms with Crippen molar-refractivity contribution in [1.29, 1.82) is 0 Å². The first-order valence-electron chi connectivity index (χ1n) is 9.45. The smallest absolute Gasteiger partial charge is 0.337 e. The Morgan fingerprint density at radius 2 is 1.44 bits per heavy atom. The number of methoxy groups -OCH3 is 1. The largest absolute Gasteiger partial charge is 0.465 e. The van der Waals surface area contributed by atoms with Gasteiger partial charge in [0, 0.05) is 11.1 Å². The van der Waals surface area contributed by atoms with Gasteiger partial charge in [0.2, 0.25) is 0 Å². The fraction of sp³-hybridized carbons (Fsp3) is 0.417. The molecule has 0 N–H and O–H groups in total. The molecule has 3 rings (SSSR count). The van der Waals surface area contributed by atoms with Crippen LogP contribution in [0.3, 0.4) is 0 Å². The van der Waals surface area contributed by atoms with Crippen LogP contribution in [0.4, 0.5) is 0 Å². The minimum atomic E-state index is -0.435. The van der Waals surface area contributed by atoms with Crippen molar-refractivity contribution in [3.05, 3.63) is 69.8 Å². The maximum absolute atomic E-state index is 13.2. The highest BCUT2D eigenvalue weighted by molar-refractivity contribution is 6.11. The zero-order valence-corrected chi connectivity index (χ0v) is 17.1. The zero-order chi connectivity index (χ0) is 20.0. The number of hydrogen-bond donors (Lipinski definition) is 0. The third-order valence-corrected chi connectivity index (χ3v) is 5.99. The van der Waals surface area contributed by atoms with Gasteiger partial charge in [-0.3, -0.25) is 4.79 Å². The van der Waals surface area contributed by atoms with E-state index < -0.39 is 5.97 Å². The van der Waals surface area contributed by atoms with Gasteiger partial charge in [-0.05, 0) is 65.5 Å². The van der Waals surface area contributed by atoms with E-state index in [2.05, 4.69) is 39.8 Å². The van der Waals surface area contributed by atoms with Crippen molar-refractivity contribution < 1.29 is 14.3 Å². The van der Waals surface area contributed by atoms with Crippen molar-refractivity contribution in [2.45, 2.75) is 58.3 Å². The van der Waals surface area contributed by atoms with Gasteiger partial charge in [0.15, 0.2) is 5.78 Å². The molecular formula is C24H28O3. The SMILES string of the molecule is COC(=O)c1cccc(C(=O)c2cc3c(cc2C)C(C)(C)CCC3(C)C)c1. The first-order chi connectivity index (χ1) is 12.6. The third kappa shape index (κ3) is 3.43. The van der Waals surface area contributed by atoms with Gasteiger partial charge in [-0.1, -0.05) is 45.9 Å². The lowest BCUT2D eigenvalue weighted by Crippen LogP contribution is -2.34. The Kier molecular flexibility index (Phi) is 4.75. The van der Waals surface area contributed by atoms with Crippen LogP contribution in [0.2, 0.25) is 0 Å². The van der Waals surface area contributed by atoms with Crippen LogP contribution in [0.5, 0.6) is 0 Å². The van der Waals surface area contributed by atoms with E-state index in [0.717, 1.165) is 18.4 Å². The molecular weight excluding hydrogens is 336 g/mol. The van der Waals surface area contributed by atoms with E-state index >= 15 is 0 Å². The number of aryl methyl sites for hydroxylation is 1. The van der Waals surface area contributed by atoms with Crippen molar-refractivity contribution in [2.24, 2.45) is 0 Å². The van der Waals surface area contributed by atoms with E-state index in [0.29, 0.717) is 16.7 Å². The first kappa shape index (κ1) is 19.3. The van der Waals surface area contributed by atoms with Gasteiger partial charge in [-0.25, -0.2) is 4.79 Å². The minimum Gasteiger partial charge on any atom is -0.465 e. The molecule has 0 saturated carbocycles. The van der Waals surface area contributed by atoms with Crippen molar-refractivity contribution in [3.63, 3.8) is 0 Å². The minimum absolute atomic E-state index is 0.0431. The molecule has 0 atom stereocenters. The lowest BCUT2D eigenvalue weighted by atomic mass is 9.62. The summed E-state index contributed by atoms with van der Waals surface area (Å²) in [6.45, 7) is 11.1. The number of carbonyl (C=O) groups excluding carboxylic acids is 2. The van der Waals surface area contributed by atoms with Crippen molar-refractivity contribution in [1.82, 2.24) is 0 Å². The van der Waals surface area contributed by atoms with E-state index in [-0.39, 0.29) is 16.6 Å². The quantitative estimate of drug-likeness (QED) is 0.544. The molecule has 0 aromatic heterocycles. The van der Waals surface area contributed by atoms with Crippen molar-refractivity contribution >= 4 is 11.8 Å². The van der Waals surface area contributed by atoms with Gasteiger partial charge >= 0.3 is 5.97 Å². The Bertz CT molecular complexity index is 919. The summed E-state index contributed by atoms with van der Waals surface area (Å²) in [5, 5.41) is 0. The Labute approximate surface area is 161 Å². The summed E-state index contributed by atoms with van der Waals surface area (Å²) in [4.78, 5) is 25.0. The highest BCUT2D eigenvalue weighted by atomic mass is 16.5. The molecule has 0 spiro atoms. The molecule has 1 aliphatic rings. The lowest BCUT2D eigenvalue weighted by molar-refractivity contribution is 0.0600. The first-order valence-corrected chi connectivity index (χ1v) is 9.45. The monoisotopic (exact) mass is 364 g/mol. The standard InChI is InChI=1S/C24H28O3/c1-15-12-19-20(24(4,5)11-10-23(19,2)3)14-18(15)21(25)16-8-7-9-17(13-16)22(26)27-6/h7-9,12-14H,10-11H2,1-6H3. The fourth-order valence-corrected chi connectivity index (χ4v) is 4.03. The summed E-state index contributed by atoms with van der Waals surface area (Å²) < 4.78 is 4.77. The van der Waals surface area contributed by atoms with E-state index in [9.17, 15) is 9.59 Å². The van der Waals surface area contributed by atoms with Gasteiger partial charge < -0.3 is 4.74 Å². The summed E-state index contributed by atoms with van der Waals surface area (Å²) in [6.07, 6.45) is 2.24. The molecule has 0 bridgehead atoms. The second-order valence-corrected chi connectivity index (χ2v) is 8.88. The van der Waals surface area contributed by atoms with Gasteiger partial charge in [0.05, 0.1) is 12.7 Å². The molecule has 3 nitrogen and oxygen atoms in total. The molecule has 0 unspecified atom stereocenters. The van der Waals surface area contributed by atoms with Gasteiger partial charge in [0.25, 0.3) is 0 Å². The lowest BCUT2D eigenvalue weighted by Gasteiger charge is -2.42. The zero-order valence-electron chi connectivity index (χ0n) is 17.1. The number of rotatable bonds is 3. The maximum atomic E-state index is 13.2. The normalized spacial score (nSPS) is 17.1. The van der Waals surface area contributed by atoms with E-state index in [1.54, 1.807) is 24.3 Å². The van der Waals surface area contributed by atoms with Gasteiger partial charge in [0.1, 0.15) is 0 Å².